The largest absolute Gasteiger partial charge is 0.489 e. The second-order valence-corrected chi connectivity index (χ2v) is 6.55. The average Bonchev–Trinajstić information content (AvgIpc) is 2.72. The minimum atomic E-state index is -0.957. The monoisotopic (exact) mass is 370 g/mol. The first kappa shape index (κ1) is 18.8. The van der Waals surface area contributed by atoms with E-state index in [0.29, 0.717) is 44.0 Å². The first-order valence-electron chi connectivity index (χ1n) is 8.80. The number of ether oxygens (including phenoxy) is 2. The van der Waals surface area contributed by atoms with Crippen LogP contribution in [0.1, 0.15) is 28.8 Å². The third kappa shape index (κ3) is 4.83. The predicted octanol–water partition coefficient (Wildman–Crippen LogP) is 2.27. The highest BCUT2D eigenvalue weighted by Crippen LogP contribution is 2.30. The Hall–Kier alpha value is -2.93. The third-order valence-electron chi connectivity index (χ3n) is 4.76. The van der Waals surface area contributed by atoms with Gasteiger partial charge >= 0.3 is 5.97 Å². The molecular formula is C20H22N2O5. The average molecular weight is 370 g/mol. The van der Waals surface area contributed by atoms with Gasteiger partial charge in [0.15, 0.2) is 0 Å². The van der Waals surface area contributed by atoms with Gasteiger partial charge < -0.3 is 19.9 Å². The summed E-state index contributed by atoms with van der Waals surface area (Å²) >= 11 is 0. The van der Waals surface area contributed by atoms with E-state index in [1.807, 2.05) is 12.1 Å². The van der Waals surface area contributed by atoms with Gasteiger partial charge in [0.05, 0.1) is 5.41 Å². The molecule has 0 unspecified atom stereocenters. The fraction of sp³-hybridized carbons (Fsp3) is 0.350. The Balaban J connectivity index is 1.54. The summed E-state index contributed by atoms with van der Waals surface area (Å²) in [5.41, 5.74) is 0.503. The van der Waals surface area contributed by atoms with E-state index >= 15 is 0 Å². The molecule has 0 radical (unpaired) electrons. The van der Waals surface area contributed by atoms with Gasteiger partial charge in [-0.2, -0.15) is 0 Å². The molecular weight excluding hydrogens is 348 g/mol. The zero-order chi connectivity index (χ0) is 19.1. The van der Waals surface area contributed by atoms with Crippen molar-refractivity contribution in [1.82, 2.24) is 10.3 Å². The maximum Gasteiger partial charge on any atom is 0.311 e. The standard InChI is InChI=1S/C20H22N2O5/c23-18(22-14-20(19(24)25)7-11-26-12-8-20)16-1-3-17(4-2-16)27-13-15-5-9-21-10-6-15/h1-6,9-10H,7-8,11-14H2,(H,22,23)(H,24,25). The van der Waals surface area contributed by atoms with Crippen LogP contribution in [0.15, 0.2) is 48.8 Å². The lowest BCUT2D eigenvalue weighted by Crippen LogP contribution is -2.46. The number of carbonyl (C=O) groups excluding carboxylic acids is 1. The number of hydrogen-bond acceptors (Lipinski definition) is 5. The molecule has 0 spiro atoms. The van der Waals surface area contributed by atoms with Gasteiger partial charge in [0.25, 0.3) is 5.91 Å². The number of nitrogens with one attached hydrogen (secondary N) is 1. The van der Waals surface area contributed by atoms with Crippen molar-refractivity contribution in [2.24, 2.45) is 5.41 Å². The molecule has 1 aromatic carbocycles. The van der Waals surface area contributed by atoms with E-state index in [-0.39, 0.29) is 12.5 Å². The number of pyridine rings is 1. The van der Waals surface area contributed by atoms with Crippen LogP contribution in [0.2, 0.25) is 0 Å². The maximum absolute atomic E-state index is 12.4. The van der Waals surface area contributed by atoms with Crippen molar-refractivity contribution in [1.29, 1.82) is 0 Å². The Labute approximate surface area is 157 Å². The predicted molar refractivity (Wildman–Crippen MR) is 97.5 cm³/mol. The molecule has 2 N–H and O–H groups in total. The van der Waals surface area contributed by atoms with Crippen LogP contribution >= 0.6 is 0 Å². The number of amides is 1. The van der Waals surface area contributed by atoms with Crippen LogP contribution in [0, 0.1) is 5.41 Å². The molecule has 0 saturated carbocycles. The molecule has 2 aromatic rings. The molecule has 0 aliphatic carbocycles. The van der Waals surface area contributed by atoms with Gasteiger partial charge in [-0.25, -0.2) is 0 Å². The normalized spacial score (nSPS) is 15.7. The molecule has 1 fully saturated rings. The van der Waals surface area contributed by atoms with Crippen LogP contribution in [-0.4, -0.2) is 41.7 Å². The number of carboxylic acids is 1. The van der Waals surface area contributed by atoms with Crippen LogP contribution in [-0.2, 0) is 16.1 Å². The summed E-state index contributed by atoms with van der Waals surface area (Å²) in [6.07, 6.45) is 4.19. The minimum absolute atomic E-state index is 0.0881. The molecule has 0 atom stereocenters. The van der Waals surface area contributed by atoms with E-state index in [1.54, 1.807) is 36.7 Å². The second-order valence-electron chi connectivity index (χ2n) is 6.55. The van der Waals surface area contributed by atoms with Crippen LogP contribution < -0.4 is 10.1 Å². The number of carbonyl (C=O) groups is 2. The molecule has 0 bridgehead atoms. The zero-order valence-electron chi connectivity index (χ0n) is 14.9. The summed E-state index contributed by atoms with van der Waals surface area (Å²) in [7, 11) is 0. The first-order valence-corrected chi connectivity index (χ1v) is 8.80. The minimum Gasteiger partial charge on any atom is -0.489 e. The Bertz CT molecular complexity index is 771. The summed E-state index contributed by atoms with van der Waals surface area (Å²) in [5, 5.41) is 12.3. The van der Waals surface area contributed by atoms with E-state index in [0.717, 1.165) is 5.56 Å². The van der Waals surface area contributed by atoms with E-state index < -0.39 is 11.4 Å². The molecule has 142 valence electrons. The van der Waals surface area contributed by atoms with Crippen molar-refractivity contribution in [3.05, 3.63) is 59.9 Å². The quantitative estimate of drug-likeness (QED) is 0.776. The number of carboxylic acid groups (broad SMARTS) is 1. The maximum atomic E-state index is 12.4. The number of rotatable bonds is 7. The molecule has 1 aliphatic heterocycles. The van der Waals surface area contributed by atoms with Crippen LogP contribution in [0.3, 0.4) is 0 Å². The first-order chi connectivity index (χ1) is 13.1. The molecule has 7 nitrogen and oxygen atoms in total. The zero-order valence-corrected chi connectivity index (χ0v) is 14.9. The molecule has 1 amide bonds. The molecule has 1 saturated heterocycles. The highest BCUT2D eigenvalue weighted by Gasteiger charge is 2.40. The van der Waals surface area contributed by atoms with Crippen molar-refractivity contribution >= 4 is 11.9 Å². The summed E-state index contributed by atoms with van der Waals surface area (Å²) in [6, 6.07) is 10.5. The summed E-state index contributed by atoms with van der Waals surface area (Å²) in [4.78, 5) is 27.9. The van der Waals surface area contributed by atoms with Gasteiger partial charge in [-0.05, 0) is 54.8 Å². The molecule has 2 heterocycles. The van der Waals surface area contributed by atoms with Crippen molar-refractivity contribution < 1.29 is 24.2 Å². The van der Waals surface area contributed by atoms with Crippen LogP contribution in [0.5, 0.6) is 5.75 Å². The number of nitrogens with zero attached hydrogens (tertiary/aromatic N) is 1. The lowest BCUT2D eigenvalue weighted by Gasteiger charge is -2.33. The summed E-state index contributed by atoms with van der Waals surface area (Å²) in [5.74, 6) is -0.552. The number of hydrogen-bond donors (Lipinski definition) is 2. The van der Waals surface area contributed by atoms with E-state index in [9.17, 15) is 14.7 Å². The topological polar surface area (TPSA) is 97.8 Å². The third-order valence-corrected chi connectivity index (χ3v) is 4.76. The van der Waals surface area contributed by atoms with Gasteiger partial charge in [-0.1, -0.05) is 0 Å². The van der Waals surface area contributed by atoms with Crippen molar-refractivity contribution in [3.63, 3.8) is 0 Å². The molecule has 1 aromatic heterocycles. The molecule has 1 aliphatic rings. The summed E-state index contributed by atoms with van der Waals surface area (Å²) < 4.78 is 10.9. The van der Waals surface area contributed by atoms with Gasteiger partial charge in [0, 0.05) is 37.7 Å². The molecule has 7 heteroatoms. The van der Waals surface area contributed by atoms with Gasteiger partial charge in [-0.15, -0.1) is 0 Å². The Morgan fingerprint density at radius 3 is 2.41 bits per heavy atom. The van der Waals surface area contributed by atoms with Crippen molar-refractivity contribution in [2.45, 2.75) is 19.4 Å². The van der Waals surface area contributed by atoms with Crippen LogP contribution in [0.25, 0.3) is 0 Å². The SMILES string of the molecule is O=C(NCC1(C(=O)O)CCOCC1)c1ccc(OCc2ccncc2)cc1. The fourth-order valence-electron chi connectivity index (χ4n) is 2.93. The van der Waals surface area contributed by atoms with Gasteiger partial charge in [0.2, 0.25) is 0 Å². The Kier molecular flexibility index (Phi) is 6.03. The Morgan fingerprint density at radius 1 is 1.11 bits per heavy atom. The second kappa shape index (κ2) is 8.64. The number of aromatic nitrogens is 1. The lowest BCUT2D eigenvalue weighted by atomic mass is 9.80. The van der Waals surface area contributed by atoms with Crippen molar-refractivity contribution in [2.75, 3.05) is 19.8 Å². The summed E-state index contributed by atoms with van der Waals surface area (Å²) in [6.45, 7) is 1.29. The molecule has 27 heavy (non-hydrogen) atoms. The van der Waals surface area contributed by atoms with E-state index in [1.165, 1.54) is 0 Å². The van der Waals surface area contributed by atoms with E-state index in [2.05, 4.69) is 10.3 Å². The van der Waals surface area contributed by atoms with Crippen molar-refractivity contribution in [3.8, 4) is 5.75 Å². The fourth-order valence-corrected chi connectivity index (χ4v) is 2.93. The van der Waals surface area contributed by atoms with Gasteiger partial charge in [0.1, 0.15) is 12.4 Å². The van der Waals surface area contributed by atoms with Crippen LogP contribution in [0.4, 0.5) is 0 Å². The number of benzene rings is 1. The van der Waals surface area contributed by atoms with E-state index in [4.69, 9.17) is 9.47 Å². The molecule has 3 rings (SSSR count). The number of aliphatic carboxylic acids is 1. The Morgan fingerprint density at radius 2 is 1.78 bits per heavy atom. The highest BCUT2D eigenvalue weighted by atomic mass is 16.5. The van der Waals surface area contributed by atoms with Gasteiger partial charge in [-0.3, -0.25) is 14.6 Å². The smallest absolute Gasteiger partial charge is 0.311 e. The highest BCUT2D eigenvalue weighted by molar-refractivity contribution is 5.94. The lowest BCUT2D eigenvalue weighted by molar-refractivity contribution is -0.154.